The number of piperidine rings is 1. The van der Waals surface area contributed by atoms with Crippen LogP contribution < -0.4 is 10.6 Å². The van der Waals surface area contributed by atoms with Gasteiger partial charge < -0.3 is 25.2 Å². The summed E-state index contributed by atoms with van der Waals surface area (Å²) in [7, 11) is 1.55. The lowest BCUT2D eigenvalue weighted by Crippen LogP contribution is -2.40. The van der Waals surface area contributed by atoms with Crippen molar-refractivity contribution >= 4 is 34.2 Å². The molecule has 0 radical (unpaired) electrons. The highest BCUT2D eigenvalue weighted by atomic mass is 32.1. The third-order valence-corrected chi connectivity index (χ3v) is 6.35. The second kappa shape index (κ2) is 13.8. The molecule has 1 aliphatic heterocycles. The van der Waals surface area contributed by atoms with Gasteiger partial charge in [0.1, 0.15) is 6.54 Å². The van der Waals surface area contributed by atoms with Crippen LogP contribution in [0.5, 0.6) is 0 Å². The summed E-state index contributed by atoms with van der Waals surface area (Å²) in [5.74, 6) is -0.680. The van der Waals surface area contributed by atoms with Gasteiger partial charge >= 0.3 is 0 Å². The summed E-state index contributed by atoms with van der Waals surface area (Å²) in [6.07, 6.45) is 3.91. The van der Waals surface area contributed by atoms with Gasteiger partial charge in [-0.3, -0.25) is 14.4 Å². The average Bonchev–Trinajstić information content (AvgIpc) is 3.28. The van der Waals surface area contributed by atoms with Crippen LogP contribution in [0, 0.1) is 0 Å². The lowest BCUT2D eigenvalue weighted by molar-refractivity contribution is -0.120. The summed E-state index contributed by atoms with van der Waals surface area (Å²) < 4.78 is 5.08. The number of nitrogens with zero attached hydrogens (tertiary/aromatic N) is 3. The Hall–Kier alpha value is -2.82. The Labute approximate surface area is 204 Å². The number of ether oxygens (including phenoxy) is 1. The van der Waals surface area contributed by atoms with E-state index in [4.69, 9.17) is 4.74 Å². The maximum atomic E-state index is 12.8. The molecular weight excluding hydrogens is 454 g/mol. The molecule has 2 N–H and O–H groups in total. The SMILES string of the molecule is COCCN(CC(=O)Nc1nc(CC(=O)NCCN2CCCCC2)cs1)C(=O)c1ccccc1. The fourth-order valence-corrected chi connectivity index (χ4v) is 4.48. The van der Waals surface area contributed by atoms with E-state index in [1.165, 1.54) is 35.5 Å². The van der Waals surface area contributed by atoms with Crippen molar-refractivity contribution in [2.45, 2.75) is 25.7 Å². The molecule has 0 atom stereocenters. The minimum absolute atomic E-state index is 0.0839. The molecule has 10 heteroatoms. The molecule has 9 nitrogen and oxygen atoms in total. The number of hydrogen-bond donors (Lipinski definition) is 2. The first-order valence-electron chi connectivity index (χ1n) is 11.6. The third-order valence-electron chi connectivity index (χ3n) is 5.55. The molecule has 0 spiro atoms. The van der Waals surface area contributed by atoms with Crippen molar-refractivity contribution in [2.24, 2.45) is 0 Å². The molecule has 34 heavy (non-hydrogen) atoms. The molecule has 184 valence electrons. The zero-order valence-electron chi connectivity index (χ0n) is 19.6. The molecule has 3 rings (SSSR count). The quantitative estimate of drug-likeness (QED) is 0.475. The monoisotopic (exact) mass is 487 g/mol. The smallest absolute Gasteiger partial charge is 0.254 e. The summed E-state index contributed by atoms with van der Waals surface area (Å²) in [5, 5.41) is 7.84. The van der Waals surface area contributed by atoms with Gasteiger partial charge in [-0.15, -0.1) is 11.3 Å². The van der Waals surface area contributed by atoms with Gasteiger partial charge in [0, 0.05) is 37.7 Å². The van der Waals surface area contributed by atoms with Gasteiger partial charge in [-0.05, 0) is 38.1 Å². The number of anilines is 1. The second-order valence-corrected chi connectivity index (χ2v) is 9.06. The third kappa shape index (κ3) is 8.51. The van der Waals surface area contributed by atoms with Crippen molar-refractivity contribution in [2.75, 3.05) is 58.3 Å². The van der Waals surface area contributed by atoms with Gasteiger partial charge in [0.05, 0.1) is 18.7 Å². The number of carbonyl (C=O) groups is 3. The number of nitrogens with one attached hydrogen (secondary N) is 2. The Balaban J connectivity index is 1.45. The Kier molecular flexibility index (Phi) is 10.5. The van der Waals surface area contributed by atoms with Crippen LogP contribution in [0.15, 0.2) is 35.7 Å². The van der Waals surface area contributed by atoms with E-state index >= 15 is 0 Å². The molecule has 1 saturated heterocycles. The Morgan fingerprint density at radius 1 is 1.12 bits per heavy atom. The molecule has 1 aromatic heterocycles. The normalized spacial score (nSPS) is 13.9. The van der Waals surface area contributed by atoms with Gasteiger partial charge in [0.25, 0.3) is 5.91 Å². The predicted molar refractivity (Wildman–Crippen MR) is 132 cm³/mol. The lowest BCUT2D eigenvalue weighted by atomic mass is 10.1. The van der Waals surface area contributed by atoms with Crippen LogP contribution in [0.4, 0.5) is 5.13 Å². The van der Waals surface area contributed by atoms with Crippen molar-refractivity contribution < 1.29 is 19.1 Å². The van der Waals surface area contributed by atoms with Crippen LogP contribution in [-0.4, -0.2) is 85.5 Å². The van der Waals surface area contributed by atoms with Gasteiger partial charge in [-0.25, -0.2) is 4.98 Å². The molecule has 0 bridgehead atoms. The molecule has 0 unspecified atom stereocenters. The molecule has 1 aliphatic rings. The van der Waals surface area contributed by atoms with Crippen LogP contribution >= 0.6 is 11.3 Å². The van der Waals surface area contributed by atoms with Crippen molar-refractivity contribution in [3.05, 3.63) is 47.0 Å². The minimum Gasteiger partial charge on any atom is -0.383 e. The molecule has 2 heterocycles. The van der Waals surface area contributed by atoms with E-state index < -0.39 is 0 Å². The fraction of sp³-hybridized carbons (Fsp3) is 0.500. The van der Waals surface area contributed by atoms with Gasteiger partial charge in [0.2, 0.25) is 11.8 Å². The van der Waals surface area contributed by atoms with Crippen molar-refractivity contribution in [3.63, 3.8) is 0 Å². The number of thiazole rings is 1. The van der Waals surface area contributed by atoms with Gasteiger partial charge in [-0.1, -0.05) is 24.6 Å². The predicted octanol–water partition coefficient (Wildman–Crippen LogP) is 2.02. The van der Waals surface area contributed by atoms with Crippen LogP contribution in [-0.2, 0) is 20.7 Å². The second-order valence-electron chi connectivity index (χ2n) is 8.21. The number of hydrogen-bond acceptors (Lipinski definition) is 7. The summed E-state index contributed by atoms with van der Waals surface area (Å²) in [6, 6.07) is 8.82. The van der Waals surface area contributed by atoms with Crippen LogP contribution in [0.2, 0.25) is 0 Å². The van der Waals surface area contributed by atoms with Crippen molar-refractivity contribution in [3.8, 4) is 0 Å². The molecule has 0 saturated carbocycles. The number of methoxy groups -OCH3 is 1. The molecule has 1 aromatic carbocycles. The zero-order valence-corrected chi connectivity index (χ0v) is 20.4. The summed E-state index contributed by atoms with van der Waals surface area (Å²) in [5.41, 5.74) is 1.11. The molecule has 1 fully saturated rings. The maximum absolute atomic E-state index is 12.8. The molecule has 2 aromatic rings. The van der Waals surface area contributed by atoms with E-state index in [2.05, 4.69) is 20.5 Å². The summed E-state index contributed by atoms with van der Waals surface area (Å²) in [4.78, 5) is 45.8. The van der Waals surface area contributed by atoms with Gasteiger partial charge in [-0.2, -0.15) is 0 Å². The Bertz CT molecular complexity index is 930. The standard InChI is InChI=1S/C24H33N5O4S/c1-33-15-14-29(23(32)19-8-4-2-5-9-19)17-22(31)27-24-26-20(18-34-24)16-21(30)25-10-13-28-11-6-3-7-12-28/h2,4-5,8-9,18H,3,6-7,10-17H2,1H3,(H,25,30)(H,26,27,31). The highest BCUT2D eigenvalue weighted by Crippen LogP contribution is 2.16. The highest BCUT2D eigenvalue weighted by molar-refractivity contribution is 7.13. The van der Waals surface area contributed by atoms with Crippen LogP contribution in [0.25, 0.3) is 0 Å². The highest BCUT2D eigenvalue weighted by Gasteiger charge is 2.19. The number of aromatic nitrogens is 1. The first-order chi connectivity index (χ1) is 16.5. The molecule has 0 aliphatic carbocycles. The summed E-state index contributed by atoms with van der Waals surface area (Å²) >= 11 is 1.26. The first-order valence-corrected chi connectivity index (χ1v) is 12.5. The average molecular weight is 488 g/mol. The van der Waals surface area contributed by atoms with Crippen molar-refractivity contribution in [1.82, 2.24) is 20.1 Å². The van der Waals surface area contributed by atoms with E-state index in [1.54, 1.807) is 36.8 Å². The zero-order chi connectivity index (χ0) is 24.2. The summed E-state index contributed by atoms with van der Waals surface area (Å²) in [6.45, 7) is 4.18. The Morgan fingerprint density at radius 3 is 2.62 bits per heavy atom. The number of amides is 3. The van der Waals surface area contributed by atoms with E-state index in [0.29, 0.717) is 36.1 Å². The Morgan fingerprint density at radius 2 is 1.88 bits per heavy atom. The lowest BCUT2D eigenvalue weighted by Gasteiger charge is -2.26. The molecule has 3 amide bonds. The van der Waals surface area contributed by atoms with E-state index in [1.807, 2.05) is 6.07 Å². The van der Waals surface area contributed by atoms with Gasteiger partial charge in [0.15, 0.2) is 5.13 Å². The van der Waals surface area contributed by atoms with E-state index in [-0.39, 0.29) is 30.7 Å². The first kappa shape index (κ1) is 25.8. The van der Waals surface area contributed by atoms with Crippen molar-refractivity contribution in [1.29, 1.82) is 0 Å². The number of likely N-dealkylation sites (tertiary alicyclic amines) is 1. The maximum Gasteiger partial charge on any atom is 0.254 e. The van der Waals surface area contributed by atoms with E-state index in [9.17, 15) is 14.4 Å². The number of benzene rings is 1. The van der Waals surface area contributed by atoms with Crippen LogP contribution in [0.3, 0.4) is 0 Å². The topological polar surface area (TPSA) is 104 Å². The minimum atomic E-state index is -0.354. The fourth-order valence-electron chi connectivity index (χ4n) is 3.76. The number of rotatable bonds is 12. The number of carbonyl (C=O) groups excluding carboxylic acids is 3. The van der Waals surface area contributed by atoms with E-state index in [0.717, 1.165) is 19.6 Å². The molecular formula is C24H33N5O4S. The largest absolute Gasteiger partial charge is 0.383 e. The van der Waals surface area contributed by atoms with Crippen LogP contribution in [0.1, 0.15) is 35.3 Å².